The van der Waals surface area contributed by atoms with Crippen LogP contribution in [-0.2, 0) is 13.4 Å². The van der Waals surface area contributed by atoms with Gasteiger partial charge in [0, 0.05) is 40.3 Å². The third kappa shape index (κ3) is 3.73. The number of aryl methyl sites for hydroxylation is 1. The molecule has 0 atom stereocenters. The highest BCUT2D eigenvalue weighted by Crippen LogP contribution is 2.25. The quantitative estimate of drug-likeness (QED) is 0.510. The molecule has 152 valence electrons. The van der Waals surface area contributed by atoms with E-state index in [4.69, 9.17) is 8.53 Å². The molecule has 30 heavy (non-hydrogen) atoms. The van der Waals surface area contributed by atoms with Gasteiger partial charge in [-0.05, 0) is 37.6 Å². The predicted molar refractivity (Wildman–Crippen MR) is 111 cm³/mol. The Morgan fingerprint density at radius 3 is 3.00 bits per heavy atom. The van der Waals surface area contributed by atoms with E-state index < -0.39 is 6.98 Å². The number of carbonyl (C=O) groups excluding carboxylic acids is 1. The van der Waals surface area contributed by atoms with Gasteiger partial charge in [0.15, 0.2) is 11.7 Å². The van der Waals surface area contributed by atoms with Crippen LogP contribution in [0.2, 0.25) is 0 Å². The van der Waals surface area contributed by atoms with Gasteiger partial charge in [0.25, 0.3) is 0 Å². The fourth-order valence-electron chi connectivity index (χ4n) is 3.70. The average molecular weight is 405 g/mol. The van der Waals surface area contributed by atoms with Gasteiger partial charge in [-0.3, -0.25) is 9.48 Å². The lowest BCUT2D eigenvalue weighted by Gasteiger charge is -2.19. The summed E-state index contributed by atoms with van der Waals surface area (Å²) in [6, 6.07) is 5.54. The van der Waals surface area contributed by atoms with Crippen LogP contribution < -0.4 is 5.32 Å². The average Bonchev–Trinajstić information content (AvgIpc) is 3.49. The van der Waals surface area contributed by atoms with Gasteiger partial charge in [0.2, 0.25) is 0 Å². The van der Waals surface area contributed by atoms with Crippen LogP contribution in [0.3, 0.4) is 0 Å². The molecule has 8 nitrogen and oxygen atoms in total. The lowest BCUT2D eigenvalue weighted by atomic mass is 9.98. The van der Waals surface area contributed by atoms with E-state index in [1.165, 1.54) is 18.7 Å². The highest BCUT2D eigenvalue weighted by molar-refractivity contribution is 5.95. The van der Waals surface area contributed by atoms with E-state index in [0.29, 0.717) is 22.8 Å². The zero-order valence-electron chi connectivity index (χ0n) is 19.2. The number of nitrogens with one attached hydrogen (secondary N) is 1. The minimum atomic E-state index is -2.33. The molecular formula is C22H22N6O2. The van der Waals surface area contributed by atoms with Crippen molar-refractivity contribution in [2.24, 2.45) is 6.98 Å². The highest BCUT2D eigenvalue weighted by Gasteiger charge is 2.22. The fourth-order valence-corrected chi connectivity index (χ4v) is 3.70. The first-order valence-electron chi connectivity index (χ1n) is 11.4. The van der Waals surface area contributed by atoms with Crippen LogP contribution in [0.5, 0.6) is 0 Å². The lowest BCUT2D eigenvalue weighted by molar-refractivity contribution is 0.0986. The topological polar surface area (TPSA) is 98.7 Å². The predicted octanol–water partition coefficient (Wildman–Crippen LogP) is 2.91. The smallest absolute Gasteiger partial charge is 0.197 e. The number of benzene rings is 1. The van der Waals surface area contributed by atoms with Crippen LogP contribution in [0.25, 0.3) is 22.0 Å². The number of aromatic nitrogens is 5. The number of hydrogen-bond acceptors (Lipinski definition) is 7. The number of ketones is 1. The van der Waals surface area contributed by atoms with Crippen molar-refractivity contribution in [2.45, 2.75) is 25.2 Å². The Labute approximate surface area is 177 Å². The van der Waals surface area contributed by atoms with Crippen molar-refractivity contribution in [3.8, 4) is 11.1 Å². The van der Waals surface area contributed by atoms with E-state index in [0.717, 1.165) is 41.6 Å². The zero-order chi connectivity index (χ0) is 23.0. The summed E-state index contributed by atoms with van der Waals surface area (Å²) in [5, 5.41) is 8.04. The van der Waals surface area contributed by atoms with E-state index in [1.54, 1.807) is 6.20 Å². The molecule has 1 saturated heterocycles. The van der Waals surface area contributed by atoms with Gasteiger partial charge < -0.3 is 9.73 Å². The summed E-state index contributed by atoms with van der Waals surface area (Å²) in [4.78, 5) is 26.0. The number of nitrogens with zero attached hydrogens (tertiary/aromatic N) is 5. The summed E-state index contributed by atoms with van der Waals surface area (Å²) >= 11 is 0. The molecule has 1 aromatic carbocycles. The molecule has 0 radical (unpaired) electrons. The van der Waals surface area contributed by atoms with Crippen LogP contribution in [0.4, 0.5) is 0 Å². The second-order valence-electron chi connectivity index (χ2n) is 7.43. The molecule has 1 aliphatic heterocycles. The van der Waals surface area contributed by atoms with Crippen LogP contribution in [0, 0.1) is 0 Å². The van der Waals surface area contributed by atoms with Crippen molar-refractivity contribution < 1.29 is 13.3 Å². The number of fused-ring (bicyclic) bond motifs is 1. The van der Waals surface area contributed by atoms with Crippen LogP contribution in [0.1, 0.15) is 45.1 Å². The number of Topliss-reactive ketones (excluding diaryl/α,β-unsaturated/α-hetero) is 1. The Morgan fingerprint density at radius 2 is 2.17 bits per heavy atom. The zero-order valence-corrected chi connectivity index (χ0v) is 16.2. The van der Waals surface area contributed by atoms with Crippen LogP contribution >= 0.6 is 0 Å². The Bertz CT molecular complexity index is 1310. The van der Waals surface area contributed by atoms with Gasteiger partial charge in [-0.25, -0.2) is 15.0 Å². The molecular weight excluding hydrogens is 380 g/mol. The Balaban J connectivity index is 1.35. The van der Waals surface area contributed by atoms with E-state index >= 15 is 0 Å². The maximum atomic E-state index is 12.8. The molecule has 0 amide bonds. The molecule has 3 aromatic heterocycles. The lowest BCUT2D eigenvalue weighted by Crippen LogP contribution is -2.26. The first kappa shape index (κ1) is 15.4. The molecule has 8 heteroatoms. The minimum Gasteiger partial charge on any atom is -0.448 e. The summed E-state index contributed by atoms with van der Waals surface area (Å²) in [6.07, 6.45) is 7.96. The first-order valence-corrected chi connectivity index (χ1v) is 9.87. The Kier molecular flexibility index (Phi) is 4.01. The Morgan fingerprint density at radius 1 is 1.27 bits per heavy atom. The van der Waals surface area contributed by atoms with E-state index in [2.05, 4.69) is 25.4 Å². The molecule has 1 aliphatic rings. The maximum Gasteiger partial charge on any atom is 0.197 e. The second kappa shape index (κ2) is 7.79. The molecule has 0 unspecified atom stereocenters. The van der Waals surface area contributed by atoms with Gasteiger partial charge in [-0.15, -0.1) is 0 Å². The van der Waals surface area contributed by atoms with E-state index in [-0.39, 0.29) is 23.8 Å². The van der Waals surface area contributed by atoms with Crippen molar-refractivity contribution in [3.63, 3.8) is 0 Å². The van der Waals surface area contributed by atoms with Crippen molar-refractivity contribution in [1.29, 1.82) is 0 Å². The van der Waals surface area contributed by atoms with E-state index in [9.17, 15) is 4.79 Å². The van der Waals surface area contributed by atoms with Gasteiger partial charge in [-0.2, -0.15) is 5.10 Å². The van der Waals surface area contributed by atoms with Crippen molar-refractivity contribution in [2.75, 3.05) is 13.1 Å². The summed E-state index contributed by atoms with van der Waals surface area (Å²) < 4.78 is 28.9. The summed E-state index contributed by atoms with van der Waals surface area (Å²) in [5.74, 6) is 1.03. The molecule has 1 N–H and O–H groups in total. The fraction of sp³-hybridized carbons (Fsp3) is 0.318. The first-order chi connectivity index (χ1) is 15.9. The number of oxazole rings is 1. The van der Waals surface area contributed by atoms with Crippen molar-refractivity contribution in [3.05, 3.63) is 60.5 Å². The number of carbonyl (C=O) groups is 1. The largest absolute Gasteiger partial charge is 0.448 e. The Hall–Kier alpha value is -3.39. The second-order valence-corrected chi connectivity index (χ2v) is 7.43. The molecule has 4 heterocycles. The third-order valence-electron chi connectivity index (χ3n) is 5.36. The van der Waals surface area contributed by atoms with Crippen LogP contribution in [-0.4, -0.2) is 43.6 Å². The highest BCUT2D eigenvalue weighted by atomic mass is 16.3. The van der Waals surface area contributed by atoms with Gasteiger partial charge in [0.1, 0.15) is 17.8 Å². The van der Waals surface area contributed by atoms with Crippen molar-refractivity contribution in [1.82, 2.24) is 30.0 Å². The minimum absolute atomic E-state index is 0.00927. The molecule has 5 rings (SSSR count). The number of rotatable bonds is 5. The van der Waals surface area contributed by atoms with Crippen LogP contribution in [0.15, 0.2) is 47.5 Å². The SMILES string of the molecule is [2H]C([2H])([2H])n1cc(-c2ccc3cnc(CC(=O)c4coc(C5CCNCC5)n4)nc3c2)cn1. The molecule has 0 saturated carbocycles. The van der Waals surface area contributed by atoms with E-state index in [1.807, 2.05) is 18.2 Å². The standard InChI is InChI=1S/C22H22N6O2/c1-28-12-17(11-25-28)15-2-3-16-10-24-21(26-18(16)8-15)9-20(29)19-13-30-22(27-19)14-4-6-23-7-5-14/h2-3,8,10-14,23H,4-7,9H2,1H3/i1D3. The molecule has 4 aromatic rings. The summed E-state index contributed by atoms with van der Waals surface area (Å²) in [6.45, 7) is -0.500. The normalized spacial score (nSPS) is 16.9. The third-order valence-corrected chi connectivity index (χ3v) is 5.36. The molecule has 0 bridgehead atoms. The molecule has 0 aliphatic carbocycles. The van der Waals surface area contributed by atoms with Crippen molar-refractivity contribution >= 4 is 16.7 Å². The summed E-state index contributed by atoms with van der Waals surface area (Å²) in [7, 11) is 0. The van der Waals surface area contributed by atoms with Gasteiger partial charge in [-0.1, -0.05) is 12.1 Å². The number of piperidine rings is 1. The summed E-state index contributed by atoms with van der Waals surface area (Å²) in [5.41, 5.74) is 2.38. The molecule has 0 spiro atoms. The monoisotopic (exact) mass is 405 g/mol. The van der Waals surface area contributed by atoms with Gasteiger partial charge >= 0.3 is 0 Å². The number of hydrogen-bond donors (Lipinski definition) is 1. The molecule has 1 fully saturated rings. The van der Waals surface area contributed by atoms with Gasteiger partial charge in [0.05, 0.1) is 18.1 Å². The maximum absolute atomic E-state index is 12.8.